The van der Waals surface area contributed by atoms with E-state index in [2.05, 4.69) is 65.4 Å². The molecule has 3 aromatic heterocycles. The van der Waals surface area contributed by atoms with Gasteiger partial charge in [0.05, 0.1) is 71.1 Å². The van der Waals surface area contributed by atoms with Gasteiger partial charge in [0.15, 0.2) is 9.68 Å². The molecule has 66 heavy (non-hydrogen) atoms. The number of rotatable bonds is 9. The summed E-state index contributed by atoms with van der Waals surface area (Å²) in [5, 5.41) is 12.3. The SMILES string of the molecule is CCn1c(-c2cccnc2[C@H](C)OC)c2c3cc(ccc31)-c1csc(n1)CC(C1(NC(=O)[C@H](C(C)C)N(C)C(=O)N3CCOC[C@H]3C)CC1)C(=O)N1CCC[C@H]([Si]N1)C(=O)OCC(C)(C)C2. The molecule has 17 heteroatoms. The summed E-state index contributed by atoms with van der Waals surface area (Å²) in [6, 6.07) is 9.49. The van der Waals surface area contributed by atoms with Crippen molar-refractivity contribution < 1.29 is 33.4 Å². The van der Waals surface area contributed by atoms with Crippen LogP contribution in [0, 0.1) is 17.3 Å². The monoisotopic (exact) mass is 938 g/mol. The first-order chi connectivity index (χ1) is 31.6. The first kappa shape index (κ1) is 47.8. The van der Waals surface area contributed by atoms with Crippen LogP contribution in [0.3, 0.4) is 0 Å². The summed E-state index contributed by atoms with van der Waals surface area (Å²) < 4.78 is 20.0. The molecule has 3 aliphatic heterocycles. The molecule has 15 nitrogen and oxygen atoms in total. The molecule has 4 amide bonds. The summed E-state index contributed by atoms with van der Waals surface area (Å²) in [5.74, 6) is -1.55. The van der Waals surface area contributed by atoms with E-state index in [-0.39, 0.29) is 58.2 Å². The number of hydrogen-bond donors (Lipinski definition) is 2. The van der Waals surface area contributed by atoms with Crippen molar-refractivity contribution in [3.63, 3.8) is 0 Å². The van der Waals surface area contributed by atoms with Crippen molar-refractivity contribution in [3.8, 4) is 22.5 Å². The Morgan fingerprint density at radius 3 is 2.65 bits per heavy atom. The highest BCUT2D eigenvalue weighted by Crippen LogP contribution is 2.46. The number of carbonyl (C=O) groups excluding carboxylic acids is 4. The number of nitrogens with zero attached hydrogens (tertiary/aromatic N) is 6. The Labute approximate surface area is 395 Å². The number of morpholine rings is 1. The van der Waals surface area contributed by atoms with Crippen LogP contribution in [0.1, 0.15) is 96.5 Å². The van der Waals surface area contributed by atoms with Crippen LogP contribution >= 0.6 is 11.3 Å². The lowest BCUT2D eigenvalue weighted by molar-refractivity contribution is -0.146. The van der Waals surface area contributed by atoms with Crippen molar-refractivity contribution >= 4 is 55.7 Å². The summed E-state index contributed by atoms with van der Waals surface area (Å²) in [6.45, 7) is 17.0. The van der Waals surface area contributed by atoms with Gasteiger partial charge in [-0.1, -0.05) is 33.8 Å². The third-order valence-corrected chi connectivity index (χ3v) is 16.1. The summed E-state index contributed by atoms with van der Waals surface area (Å²) in [4.78, 5) is 70.8. The normalized spacial score (nSPS) is 23.2. The number of urea groups is 1. The van der Waals surface area contributed by atoms with Gasteiger partial charge in [0.1, 0.15) is 6.04 Å². The molecule has 0 spiro atoms. The number of nitrogens with one attached hydrogen (secondary N) is 2. The molecule has 6 heterocycles. The summed E-state index contributed by atoms with van der Waals surface area (Å²) >= 11 is 1.52. The number of pyridine rings is 1. The molecule has 4 aliphatic rings. The molecule has 4 aromatic rings. The first-order valence-corrected chi connectivity index (χ1v) is 25.5. The summed E-state index contributed by atoms with van der Waals surface area (Å²) in [5.41, 5.74) is 5.19. The van der Waals surface area contributed by atoms with Crippen LogP contribution in [0.4, 0.5) is 4.79 Å². The topological polar surface area (TPSA) is 160 Å². The average molecular weight is 939 g/mol. The maximum absolute atomic E-state index is 15.0. The Morgan fingerprint density at radius 2 is 1.94 bits per heavy atom. The summed E-state index contributed by atoms with van der Waals surface area (Å²) in [6.07, 6.45) is 4.89. The van der Waals surface area contributed by atoms with E-state index in [1.807, 2.05) is 40.0 Å². The number of benzene rings is 1. The van der Waals surface area contributed by atoms with Crippen LogP contribution in [-0.4, -0.2) is 128 Å². The predicted molar refractivity (Wildman–Crippen MR) is 255 cm³/mol. The van der Waals surface area contributed by atoms with Gasteiger partial charge in [0.2, 0.25) is 11.8 Å². The molecule has 6 bridgehead atoms. The zero-order chi connectivity index (χ0) is 47.1. The van der Waals surface area contributed by atoms with Crippen molar-refractivity contribution in [2.45, 2.75) is 123 Å². The van der Waals surface area contributed by atoms with E-state index in [1.165, 1.54) is 11.3 Å². The van der Waals surface area contributed by atoms with Gasteiger partial charge >= 0.3 is 12.0 Å². The number of fused-ring (bicyclic) bond motifs is 7. The van der Waals surface area contributed by atoms with E-state index in [1.54, 1.807) is 29.0 Å². The first-order valence-electron chi connectivity index (χ1n) is 23.6. The second kappa shape index (κ2) is 19.5. The second-order valence-electron chi connectivity index (χ2n) is 19.7. The summed E-state index contributed by atoms with van der Waals surface area (Å²) in [7, 11) is 3.32. The number of aromatic nitrogens is 3. The van der Waals surface area contributed by atoms with Gasteiger partial charge in [0, 0.05) is 79.2 Å². The van der Waals surface area contributed by atoms with E-state index in [9.17, 15) is 14.4 Å². The Bertz CT molecular complexity index is 2450. The Kier molecular flexibility index (Phi) is 14.1. The number of hydrazine groups is 1. The third kappa shape index (κ3) is 9.55. The lowest BCUT2D eigenvalue weighted by Gasteiger charge is -2.40. The minimum Gasteiger partial charge on any atom is -0.465 e. The molecule has 354 valence electrons. The van der Waals surface area contributed by atoms with Gasteiger partial charge in [-0.15, -0.1) is 11.3 Å². The highest BCUT2D eigenvalue weighted by Gasteiger charge is 2.56. The standard InChI is InChI=1S/C49H66N8O7SSi/c1-10-55-38-16-15-32-23-34(38)35(43(55)33-13-11-19-50-41(33)31(5)62-9)25-48(6,7)28-64-46(60)39-14-12-20-57(53-66-39)45(59)36(24-40-51-37(32)27-65-40)49(17-18-49)52-44(58)42(29(2)3)54(8)47(61)56-21-22-63-26-30(56)4/h11,13,15-16,19,23,27,29-31,36,39,42,53H,10,12,14,17-18,20-22,24-26,28H2,1-9H3,(H,52,58)/t30-,31+,36?,39+,42+/m1/s1. The lowest BCUT2D eigenvalue weighted by atomic mass is 9.84. The van der Waals surface area contributed by atoms with Crippen molar-refractivity contribution in [1.82, 2.24) is 39.8 Å². The van der Waals surface area contributed by atoms with Crippen molar-refractivity contribution in [2.75, 3.05) is 47.1 Å². The Balaban J connectivity index is 1.18. The third-order valence-electron chi connectivity index (χ3n) is 14.0. The molecule has 2 radical (unpaired) electrons. The highest BCUT2D eigenvalue weighted by molar-refractivity contribution is 7.10. The molecule has 1 aromatic carbocycles. The smallest absolute Gasteiger partial charge is 0.320 e. The van der Waals surface area contributed by atoms with E-state index in [0.29, 0.717) is 64.8 Å². The molecule has 5 atom stereocenters. The molecule has 2 N–H and O–H groups in total. The Morgan fingerprint density at radius 1 is 1.15 bits per heavy atom. The number of esters is 1. The lowest BCUT2D eigenvalue weighted by Crippen LogP contribution is -2.61. The van der Waals surface area contributed by atoms with Crippen LogP contribution in [0.5, 0.6) is 0 Å². The van der Waals surface area contributed by atoms with Crippen molar-refractivity contribution in [3.05, 3.63) is 58.2 Å². The zero-order valence-corrected chi connectivity index (χ0v) is 41.8. The number of aryl methyl sites for hydroxylation is 1. The second-order valence-corrected chi connectivity index (χ2v) is 21.9. The van der Waals surface area contributed by atoms with Gasteiger partial charge < -0.3 is 33.9 Å². The van der Waals surface area contributed by atoms with Gasteiger partial charge in [-0.25, -0.2) is 9.78 Å². The van der Waals surface area contributed by atoms with Gasteiger partial charge in [0.25, 0.3) is 0 Å². The largest absolute Gasteiger partial charge is 0.465 e. The quantitative estimate of drug-likeness (QED) is 0.135. The average Bonchev–Trinajstić information content (AvgIpc) is 3.90. The van der Waals surface area contributed by atoms with E-state index >= 15 is 4.79 Å². The van der Waals surface area contributed by atoms with Gasteiger partial charge in [-0.2, -0.15) is 0 Å². The van der Waals surface area contributed by atoms with Gasteiger partial charge in [-0.05, 0) is 88.6 Å². The van der Waals surface area contributed by atoms with Crippen LogP contribution < -0.4 is 10.4 Å². The number of cyclic esters (lactones) is 1. The fourth-order valence-electron chi connectivity index (χ4n) is 10.1. The molecule has 8 rings (SSSR count). The van der Waals surface area contributed by atoms with E-state index in [4.69, 9.17) is 24.2 Å². The molecule has 3 fully saturated rings. The van der Waals surface area contributed by atoms with E-state index < -0.39 is 28.5 Å². The molecular formula is C49H66N8O7SSi. The number of likely N-dealkylation sites (N-methyl/N-ethyl adjacent to an activating group) is 1. The Hall–Kier alpha value is -4.68. The minimum atomic E-state index is -0.845. The fraction of sp³-hybridized carbons (Fsp3) is 0.592. The molecule has 1 saturated carbocycles. The molecule has 1 unspecified atom stereocenters. The highest BCUT2D eigenvalue weighted by atomic mass is 32.1. The number of hydrogen-bond acceptors (Lipinski definition) is 11. The number of methoxy groups -OCH3 is 1. The van der Waals surface area contributed by atoms with Crippen molar-refractivity contribution in [2.24, 2.45) is 17.3 Å². The minimum absolute atomic E-state index is 0.0706. The molecular weight excluding hydrogens is 873 g/mol. The maximum Gasteiger partial charge on any atom is 0.320 e. The maximum atomic E-state index is 15.0. The number of amides is 4. The van der Waals surface area contributed by atoms with Crippen LogP contribution in [0.25, 0.3) is 33.4 Å². The van der Waals surface area contributed by atoms with Crippen molar-refractivity contribution in [1.29, 1.82) is 0 Å². The molecule has 1 aliphatic carbocycles. The molecule has 2 saturated heterocycles. The van der Waals surface area contributed by atoms with Gasteiger partial charge in [-0.3, -0.25) is 29.5 Å². The van der Waals surface area contributed by atoms with Crippen LogP contribution in [-0.2, 0) is 48.0 Å². The fourth-order valence-corrected chi connectivity index (χ4v) is 12.1. The van der Waals surface area contributed by atoms with E-state index in [0.717, 1.165) is 56.2 Å². The number of thiazole rings is 1. The zero-order valence-electron chi connectivity index (χ0n) is 39.9. The van der Waals surface area contributed by atoms with Crippen LogP contribution in [0.2, 0.25) is 5.54 Å². The predicted octanol–water partition coefficient (Wildman–Crippen LogP) is 6.82. The number of carbonyl (C=O) groups is 4. The number of ether oxygens (including phenoxy) is 3. The van der Waals surface area contributed by atoms with Crippen LogP contribution in [0.15, 0.2) is 41.9 Å².